The summed E-state index contributed by atoms with van der Waals surface area (Å²) in [4.78, 5) is 35.9. The van der Waals surface area contributed by atoms with Crippen molar-refractivity contribution in [2.24, 2.45) is 17.6 Å². The Labute approximate surface area is 212 Å². The zero-order chi connectivity index (χ0) is 25.3. The number of anilines is 1. The molecule has 2 amide bonds. The second-order valence-corrected chi connectivity index (χ2v) is 10.1. The van der Waals surface area contributed by atoms with E-state index in [0.717, 1.165) is 30.0 Å². The average Bonchev–Trinajstić information content (AvgIpc) is 3.38. The van der Waals surface area contributed by atoms with Gasteiger partial charge in [0.05, 0.1) is 6.61 Å². The van der Waals surface area contributed by atoms with E-state index in [4.69, 9.17) is 22.1 Å². The number of hydrogen-bond acceptors (Lipinski definition) is 6. The molecule has 2 aromatic rings. The minimum atomic E-state index is -0.335. The molecule has 2 aliphatic heterocycles. The summed E-state index contributed by atoms with van der Waals surface area (Å²) in [5.41, 5.74) is 8.10. The van der Waals surface area contributed by atoms with Gasteiger partial charge in [-0.2, -0.15) is 4.98 Å². The summed E-state index contributed by atoms with van der Waals surface area (Å²) in [6, 6.07) is 9.48. The maximum absolute atomic E-state index is 13.4. The van der Waals surface area contributed by atoms with Crippen LogP contribution in [-0.2, 0) is 4.79 Å². The Morgan fingerprint density at radius 2 is 1.86 bits per heavy atom. The van der Waals surface area contributed by atoms with Crippen LogP contribution in [0.5, 0.6) is 5.88 Å². The van der Waals surface area contributed by atoms with Crippen molar-refractivity contribution in [3.8, 4) is 5.88 Å². The lowest BCUT2D eigenvalue weighted by Gasteiger charge is -2.29. The summed E-state index contributed by atoms with van der Waals surface area (Å²) in [6.45, 7) is 7.22. The molecule has 0 radical (unpaired) electrons. The van der Waals surface area contributed by atoms with Crippen LogP contribution >= 0.6 is 11.6 Å². The van der Waals surface area contributed by atoms with E-state index in [1.165, 1.54) is 0 Å². The van der Waals surface area contributed by atoms with Gasteiger partial charge in [0.2, 0.25) is 11.8 Å². The van der Waals surface area contributed by atoms with Crippen LogP contribution < -0.4 is 15.4 Å². The molecule has 0 aliphatic carbocycles. The number of nitrogens with zero attached hydrogens (tertiary/aromatic N) is 4. The van der Waals surface area contributed by atoms with Gasteiger partial charge in [0.15, 0.2) is 0 Å². The number of ether oxygens (including phenoxy) is 1. The maximum atomic E-state index is 13.4. The van der Waals surface area contributed by atoms with E-state index in [9.17, 15) is 9.59 Å². The Kier molecular flexibility index (Phi) is 7.52. The molecule has 2 saturated heterocycles. The van der Waals surface area contributed by atoms with E-state index in [-0.39, 0.29) is 24.3 Å². The van der Waals surface area contributed by atoms with Crippen molar-refractivity contribution in [1.82, 2.24) is 14.8 Å². The molecule has 1 aromatic carbocycles. The fraction of sp³-hybridized carbons (Fsp3) is 0.500. The van der Waals surface area contributed by atoms with Gasteiger partial charge in [-0.15, -0.1) is 0 Å². The number of pyridine rings is 1. The van der Waals surface area contributed by atoms with E-state index in [0.29, 0.717) is 48.0 Å². The zero-order valence-electron chi connectivity index (χ0n) is 20.8. The number of aryl methyl sites for hydroxylation is 1. The monoisotopic (exact) mass is 499 g/mol. The summed E-state index contributed by atoms with van der Waals surface area (Å²) >= 11 is 6.37. The molecular weight excluding hydrogens is 466 g/mol. The highest BCUT2D eigenvalue weighted by Crippen LogP contribution is 2.38. The van der Waals surface area contributed by atoms with E-state index in [2.05, 4.69) is 9.88 Å². The number of primary amides is 1. The summed E-state index contributed by atoms with van der Waals surface area (Å²) in [6.07, 6.45) is 0.239. The third-order valence-corrected chi connectivity index (χ3v) is 7.44. The standard InChI is InChI=1S/C26H34ClN5O3/c1-5-35-25-20(8-9-24(29-25)30(3)4)26(34)32-14-18-12-31(13-19(18)15-32)22(11-23(28)33)17-7-6-16(2)21(27)10-17/h6-10,18-19,22H,5,11-15H2,1-4H3,(H2,28,33). The van der Waals surface area contributed by atoms with Crippen LogP contribution in [0.1, 0.15) is 40.9 Å². The molecule has 188 valence electrons. The molecule has 35 heavy (non-hydrogen) atoms. The summed E-state index contributed by atoms with van der Waals surface area (Å²) in [7, 11) is 3.81. The molecule has 0 saturated carbocycles. The molecule has 1 aromatic heterocycles. The van der Waals surface area contributed by atoms with Crippen LogP contribution in [0.25, 0.3) is 0 Å². The number of carbonyl (C=O) groups is 2. The number of likely N-dealkylation sites (tertiary alicyclic amines) is 2. The van der Waals surface area contributed by atoms with Gasteiger partial charge in [-0.1, -0.05) is 23.7 Å². The summed E-state index contributed by atoms with van der Waals surface area (Å²) in [5, 5.41) is 0.687. The number of halogens is 1. The quantitative estimate of drug-likeness (QED) is 0.600. The molecule has 4 rings (SSSR count). The Balaban J connectivity index is 1.48. The maximum Gasteiger partial charge on any atom is 0.259 e. The number of benzene rings is 1. The highest BCUT2D eigenvalue weighted by Gasteiger charge is 2.44. The largest absolute Gasteiger partial charge is 0.477 e. The lowest BCUT2D eigenvalue weighted by atomic mass is 10.0. The molecular formula is C26H34ClN5O3. The minimum absolute atomic E-state index is 0.0498. The van der Waals surface area contributed by atoms with Crippen molar-refractivity contribution < 1.29 is 14.3 Å². The number of aromatic nitrogens is 1. The van der Waals surface area contributed by atoms with Crippen LogP contribution in [0.4, 0.5) is 5.82 Å². The molecule has 0 spiro atoms. The highest BCUT2D eigenvalue weighted by atomic mass is 35.5. The SMILES string of the molecule is CCOc1nc(N(C)C)ccc1C(=O)N1CC2CN(C(CC(N)=O)c3ccc(C)c(Cl)c3)CC2C1. The molecule has 2 N–H and O–H groups in total. The average molecular weight is 500 g/mol. The third-order valence-electron chi connectivity index (χ3n) is 7.03. The first-order valence-corrected chi connectivity index (χ1v) is 12.4. The fourth-order valence-corrected chi connectivity index (χ4v) is 5.36. The van der Waals surface area contributed by atoms with E-state index < -0.39 is 0 Å². The lowest BCUT2D eigenvalue weighted by Crippen LogP contribution is -2.36. The van der Waals surface area contributed by atoms with E-state index in [1.807, 2.05) is 62.0 Å². The van der Waals surface area contributed by atoms with Crippen molar-refractivity contribution in [2.45, 2.75) is 26.3 Å². The molecule has 9 heteroatoms. The first kappa shape index (κ1) is 25.3. The lowest BCUT2D eigenvalue weighted by molar-refractivity contribution is -0.119. The number of fused-ring (bicyclic) bond motifs is 1. The number of amides is 2. The van der Waals surface area contributed by atoms with Crippen LogP contribution in [0.3, 0.4) is 0 Å². The van der Waals surface area contributed by atoms with Gasteiger partial charge in [-0.3, -0.25) is 14.5 Å². The van der Waals surface area contributed by atoms with Gasteiger partial charge in [-0.25, -0.2) is 0 Å². The van der Waals surface area contributed by atoms with Gasteiger partial charge in [0.25, 0.3) is 5.91 Å². The Bertz CT molecular complexity index is 1090. The fourth-order valence-electron chi connectivity index (χ4n) is 5.17. The summed E-state index contributed by atoms with van der Waals surface area (Å²) in [5.74, 6) is 1.40. The zero-order valence-corrected chi connectivity index (χ0v) is 21.6. The predicted molar refractivity (Wildman–Crippen MR) is 137 cm³/mol. The number of nitrogens with two attached hydrogens (primary N) is 1. The molecule has 8 nitrogen and oxygen atoms in total. The first-order chi connectivity index (χ1) is 16.7. The molecule has 0 bridgehead atoms. The van der Waals surface area contributed by atoms with Crippen molar-refractivity contribution in [2.75, 3.05) is 51.8 Å². The topological polar surface area (TPSA) is 92.0 Å². The van der Waals surface area contributed by atoms with E-state index in [1.54, 1.807) is 6.07 Å². The van der Waals surface area contributed by atoms with Gasteiger partial charge in [0, 0.05) is 57.8 Å². The molecule has 3 unspecified atom stereocenters. The Hall–Kier alpha value is -2.84. The van der Waals surface area contributed by atoms with Gasteiger partial charge in [-0.05, 0) is 55.0 Å². The van der Waals surface area contributed by atoms with Crippen LogP contribution in [-0.4, -0.2) is 73.5 Å². The predicted octanol–water partition coefficient (Wildman–Crippen LogP) is 3.13. The molecule has 3 heterocycles. The van der Waals surface area contributed by atoms with Gasteiger partial charge in [0.1, 0.15) is 11.4 Å². The summed E-state index contributed by atoms with van der Waals surface area (Å²) < 4.78 is 5.71. The Morgan fingerprint density at radius 3 is 2.43 bits per heavy atom. The molecule has 2 fully saturated rings. The first-order valence-electron chi connectivity index (χ1n) is 12.1. The minimum Gasteiger partial charge on any atom is -0.477 e. The van der Waals surface area contributed by atoms with Crippen molar-refractivity contribution >= 4 is 29.2 Å². The number of carbonyl (C=O) groups excluding carboxylic acids is 2. The second-order valence-electron chi connectivity index (χ2n) is 9.73. The van der Waals surface area contributed by atoms with Gasteiger partial charge >= 0.3 is 0 Å². The normalized spacial score (nSPS) is 20.5. The highest BCUT2D eigenvalue weighted by molar-refractivity contribution is 6.31. The van der Waals surface area contributed by atoms with E-state index >= 15 is 0 Å². The van der Waals surface area contributed by atoms with Gasteiger partial charge < -0.3 is 20.3 Å². The smallest absolute Gasteiger partial charge is 0.259 e. The number of rotatable bonds is 8. The Morgan fingerprint density at radius 1 is 1.17 bits per heavy atom. The van der Waals surface area contributed by atoms with Crippen LogP contribution in [0.15, 0.2) is 30.3 Å². The molecule has 2 aliphatic rings. The third kappa shape index (κ3) is 5.38. The van der Waals surface area contributed by atoms with Crippen molar-refractivity contribution in [3.63, 3.8) is 0 Å². The second kappa shape index (κ2) is 10.4. The van der Waals surface area contributed by atoms with Crippen molar-refractivity contribution in [1.29, 1.82) is 0 Å². The van der Waals surface area contributed by atoms with Crippen molar-refractivity contribution in [3.05, 3.63) is 52.0 Å². The van der Waals surface area contributed by atoms with Crippen LogP contribution in [0, 0.1) is 18.8 Å². The molecule has 3 atom stereocenters. The van der Waals surface area contributed by atoms with Crippen LogP contribution in [0.2, 0.25) is 5.02 Å². The number of hydrogen-bond donors (Lipinski definition) is 1.